The van der Waals surface area contributed by atoms with Crippen LogP contribution in [0.25, 0.3) is 0 Å². The number of hydrogen-bond donors (Lipinski definition) is 1. The second-order valence-corrected chi connectivity index (χ2v) is 12.0. The fourth-order valence-electron chi connectivity index (χ4n) is 8.09. The number of Topliss-reactive ketones (excluding diaryl/α,β-unsaturated/α-hetero) is 1. The van der Waals surface area contributed by atoms with Gasteiger partial charge >= 0.3 is 6.09 Å². The normalized spacial score (nSPS) is 42.7. The summed E-state index contributed by atoms with van der Waals surface area (Å²) in [6.07, 6.45) is 3.13. The minimum absolute atomic E-state index is 0.0833. The third-order valence-electron chi connectivity index (χ3n) is 10.6. The van der Waals surface area contributed by atoms with Gasteiger partial charge in [-0.05, 0) is 54.6 Å². The number of benzene rings is 1. The first kappa shape index (κ1) is 24.2. The molecule has 1 heterocycles. The molecule has 2 bridgehead atoms. The van der Waals surface area contributed by atoms with Gasteiger partial charge in [0.25, 0.3) is 5.91 Å². The largest absolute Gasteiger partial charge is 0.445 e. The van der Waals surface area contributed by atoms with Crippen molar-refractivity contribution in [2.75, 3.05) is 0 Å². The number of carbonyl (C=O) groups excluding carboxylic acids is 3. The van der Waals surface area contributed by atoms with Crippen LogP contribution < -0.4 is 0 Å². The summed E-state index contributed by atoms with van der Waals surface area (Å²) in [4.78, 5) is 41.2. The van der Waals surface area contributed by atoms with Gasteiger partial charge in [0.2, 0.25) is 0 Å². The number of fused-ring (bicyclic) bond motifs is 1. The molecule has 4 aliphatic rings. The molecule has 5 rings (SSSR count). The topological polar surface area (TPSA) is 83.9 Å². The molecule has 3 fully saturated rings. The number of aliphatic hydroxyl groups is 1. The molecule has 6 nitrogen and oxygen atoms in total. The molecule has 0 aromatic heterocycles. The van der Waals surface area contributed by atoms with Gasteiger partial charge in [0.15, 0.2) is 0 Å². The van der Waals surface area contributed by atoms with Crippen LogP contribution in [-0.4, -0.2) is 40.0 Å². The van der Waals surface area contributed by atoms with E-state index >= 15 is 0 Å². The average molecular weight is 480 g/mol. The minimum Gasteiger partial charge on any atom is -0.445 e. The highest BCUT2D eigenvalue weighted by molar-refractivity contribution is 6.06. The molecule has 0 radical (unpaired) electrons. The second kappa shape index (κ2) is 8.02. The second-order valence-electron chi connectivity index (χ2n) is 12.0. The number of hydrogen-bond acceptors (Lipinski definition) is 5. The highest BCUT2D eigenvalue weighted by Crippen LogP contribution is 2.68. The molecule has 1 aromatic rings. The van der Waals surface area contributed by atoms with Crippen LogP contribution in [0.5, 0.6) is 0 Å². The molecule has 1 N–H and O–H groups in total. The monoisotopic (exact) mass is 479 g/mol. The summed E-state index contributed by atoms with van der Waals surface area (Å²) in [5, 5.41) is 11.6. The quantitative estimate of drug-likeness (QED) is 0.594. The van der Waals surface area contributed by atoms with Gasteiger partial charge in [-0.3, -0.25) is 9.59 Å². The molecular weight excluding hydrogens is 442 g/mol. The van der Waals surface area contributed by atoms with Gasteiger partial charge in [-0.25, -0.2) is 9.69 Å². The number of nitrogens with zero attached hydrogens (tertiary/aromatic N) is 1. The molecule has 188 valence electrons. The molecular formula is C29H37NO5. The maximum Gasteiger partial charge on any atom is 0.417 e. The Morgan fingerprint density at radius 2 is 1.91 bits per heavy atom. The van der Waals surface area contributed by atoms with Crippen LogP contribution in [0, 0.1) is 34.0 Å². The van der Waals surface area contributed by atoms with Crippen molar-refractivity contribution in [3.63, 3.8) is 0 Å². The molecule has 3 saturated carbocycles. The van der Waals surface area contributed by atoms with Gasteiger partial charge in [-0.15, -0.1) is 6.58 Å². The number of imide groups is 1. The number of carbonyl (C=O) groups is 3. The van der Waals surface area contributed by atoms with Crippen molar-refractivity contribution in [1.82, 2.24) is 4.90 Å². The van der Waals surface area contributed by atoms with Crippen LogP contribution in [0.15, 0.2) is 36.9 Å². The fourth-order valence-corrected chi connectivity index (χ4v) is 8.09. The van der Waals surface area contributed by atoms with Crippen LogP contribution in [0.4, 0.5) is 4.79 Å². The summed E-state index contributed by atoms with van der Waals surface area (Å²) in [6, 6.07) is 7.21. The summed E-state index contributed by atoms with van der Waals surface area (Å²) in [6.45, 7) is 12.5. The highest BCUT2D eigenvalue weighted by Gasteiger charge is 2.68. The lowest BCUT2D eigenvalue weighted by Crippen LogP contribution is -2.63. The van der Waals surface area contributed by atoms with Gasteiger partial charge in [0.05, 0.1) is 12.6 Å². The zero-order valence-electron chi connectivity index (χ0n) is 21.3. The zero-order chi connectivity index (χ0) is 25.3. The smallest absolute Gasteiger partial charge is 0.417 e. The predicted molar refractivity (Wildman–Crippen MR) is 131 cm³/mol. The Morgan fingerprint density at radius 1 is 1.20 bits per heavy atom. The number of amides is 2. The third kappa shape index (κ3) is 3.21. The van der Waals surface area contributed by atoms with E-state index in [1.807, 2.05) is 19.1 Å². The Morgan fingerprint density at radius 3 is 2.60 bits per heavy atom. The predicted octanol–water partition coefficient (Wildman–Crippen LogP) is 5.14. The van der Waals surface area contributed by atoms with Crippen molar-refractivity contribution in [1.29, 1.82) is 0 Å². The van der Waals surface area contributed by atoms with E-state index in [0.717, 1.165) is 29.7 Å². The SMILES string of the molecule is C=C[C@]1(C)C[C@@H](OC(=O)N2Cc3ccccc3C2=O)[C@]2(C)[C@H](C)CC[C@]3(CCC(=O)[C@H]32)[C@@H](C)[C@@H]1O. The minimum atomic E-state index is -0.717. The Hall–Kier alpha value is -2.47. The lowest BCUT2D eigenvalue weighted by Gasteiger charge is -2.61. The van der Waals surface area contributed by atoms with Crippen LogP contribution >= 0.6 is 0 Å². The number of aliphatic hydroxyl groups excluding tert-OH is 1. The highest BCUT2D eigenvalue weighted by atomic mass is 16.6. The van der Waals surface area contributed by atoms with Crippen LogP contribution in [0.3, 0.4) is 0 Å². The molecule has 8 atom stereocenters. The van der Waals surface area contributed by atoms with E-state index in [9.17, 15) is 19.5 Å². The molecule has 0 unspecified atom stereocenters. The number of ether oxygens (including phenoxy) is 1. The third-order valence-corrected chi connectivity index (χ3v) is 10.6. The van der Waals surface area contributed by atoms with Crippen molar-refractivity contribution in [3.8, 4) is 0 Å². The van der Waals surface area contributed by atoms with Crippen molar-refractivity contribution < 1.29 is 24.2 Å². The van der Waals surface area contributed by atoms with E-state index in [1.165, 1.54) is 0 Å². The number of ketones is 1. The Kier molecular flexibility index (Phi) is 5.55. The zero-order valence-corrected chi connectivity index (χ0v) is 21.3. The maximum absolute atomic E-state index is 13.5. The van der Waals surface area contributed by atoms with Crippen molar-refractivity contribution in [2.45, 2.75) is 78.6 Å². The van der Waals surface area contributed by atoms with Gasteiger partial charge in [-0.1, -0.05) is 52.0 Å². The van der Waals surface area contributed by atoms with Crippen LogP contribution in [0.2, 0.25) is 0 Å². The molecule has 1 aromatic carbocycles. The van der Waals surface area contributed by atoms with Gasteiger partial charge < -0.3 is 9.84 Å². The molecule has 3 aliphatic carbocycles. The maximum atomic E-state index is 13.5. The first-order chi connectivity index (χ1) is 16.5. The van der Waals surface area contributed by atoms with Crippen molar-refractivity contribution in [2.24, 2.45) is 34.0 Å². The summed E-state index contributed by atoms with van der Waals surface area (Å²) in [5.74, 6) is -0.374. The lowest BCUT2D eigenvalue weighted by molar-refractivity contribution is -0.192. The Balaban J connectivity index is 1.56. The molecule has 2 amide bonds. The lowest BCUT2D eigenvalue weighted by atomic mass is 9.44. The van der Waals surface area contributed by atoms with E-state index in [4.69, 9.17) is 4.74 Å². The Bertz CT molecular complexity index is 1100. The van der Waals surface area contributed by atoms with Gasteiger partial charge in [0, 0.05) is 28.7 Å². The fraction of sp³-hybridized carbons (Fsp3) is 0.621. The Labute approximate surface area is 207 Å². The first-order valence-corrected chi connectivity index (χ1v) is 12.9. The summed E-state index contributed by atoms with van der Waals surface area (Å²) in [5.41, 5.74) is -0.314. The van der Waals surface area contributed by atoms with E-state index in [-0.39, 0.29) is 41.4 Å². The van der Waals surface area contributed by atoms with Gasteiger partial charge in [-0.2, -0.15) is 0 Å². The standard InChI is InChI=1S/C29H37NO5/c1-6-27(4)15-22(35-26(34)30-16-19-9-7-8-10-20(19)25(30)33)28(5)17(2)11-13-29(18(3)24(27)32)14-12-21(31)23(28)29/h6-10,17-18,22-24,32H,1,11-16H2,2-5H3/t17-,18+,22-,23+,24+,27-,28+,29+/m1/s1. The number of rotatable bonds is 2. The van der Waals surface area contributed by atoms with E-state index in [1.54, 1.807) is 18.2 Å². The summed E-state index contributed by atoms with van der Waals surface area (Å²) >= 11 is 0. The van der Waals surface area contributed by atoms with Gasteiger partial charge in [0.1, 0.15) is 11.9 Å². The van der Waals surface area contributed by atoms with E-state index in [0.29, 0.717) is 18.4 Å². The van der Waals surface area contributed by atoms with Crippen LogP contribution in [-0.2, 0) is 16.1 Å². The van der Waals surface area contributed by atoms with Crippen molar-refractivity contribution in [3.05, 3.63) is 48.0 Å². The molecule has 6 heteroatoms. The molecule has 35 heavy (non-hydrogen) atoms. The average Bonchev–Trinajstić information content (AvgIpc) is 3.38. The summed E-state index contributed by atoms with van der Waals surface area (Å²) < 4.78 is 6.26. The first-order valence-electron chi connectivity index (χ1n) is 12.9. The molecule has 1 aliphatic heterocycles. The van der Waals surface area contributed by atoms with E-state index < -0.39 is 29.1 Å². The summed E-state index contributed by atoms with van der Waals surface area (Å²) in [7, 11) is 0. The molecule has 0 saturated heterocycles. The molecule has 0 spiro atoms. The van der Waals surface area contributed by atoms with Crippen LogP contribution in [0.1, 0.15) is 75.7 Å². The van der Waals surface area contributed by atoms with E-state index in [2.05, 4.69) is 27.4 Å². The van der Waals surface area contributed by atoms with Crippen molar-refractivity contribution >= 4 is 17.8 Å².